The average molecular weight is 290 g/mol. The highest BCUT2D eigenvalue weighted by Gasteiger charge is 2.22. The third-order valence-electron chi connectivity index (χ3n) is 3.65. The Kier molecular flexibility index (Phi) is 3.82. The van der Waals surface area contributed by atoms with E-state index in [2.05, 4.69) is 15.3 Å². The molecule has 1 aliphatic heterocycles. The van der Waals surface area contributed by atoms with Crippen LogP contribution >= 0.6 is 11.3 Å². The van der Waals surface area contributed by atoms with Gasteiger partial charge in [0.2, 0.25) is 5.91 Å². The lowest BCUT2D eigenvalue weighted by Gasteiger charge is -2.29. The third kappa shape index (κ3) is 2.60. The molecule has 1 amide bonds. The number of thiophene rings is 1. The molecule has 2 aromatic rings. The summed E-state index contributed by atoms with van der Waals surface area (Å²) in [5, 5.41) is 6.20. The average Bonchev–Trinajstić information content (AvgIpc) is 2.97. The van der Waals surface area contributed by atoms with Crippen molar-refractivity contribution in [2.45, 2.75) is 32.2 Å². The summed E-state index contributed by atoms with van der Waals surface area (Å²) < 4.78 is 0. The number of carbonyl (C=O) groups is 1. The maximum absolute atomic E-state index is 12.4. The minimum absolute atomic E-state index is 0.159. The van der Waals surface area contributed by atoms with Crippen LogP contribution in [-0.4, -0.2) is 39.9 Å². The summed E-state index contributed by atoms with van der Waals surface area (Å²) in [6, 6.07) is 1.73. The minimum atomic E-state index is -0.258. The van der Waals surface area contributed by atoms with Crippen LogP contribution in [0.15, 0.2) is 17.8 Å². The van der Waals surface area contributed by atoms with Gasteiger partial charge in [-0.05, 0) is 37.6 Å². The molecule has 1 unspecified atom stereocenters. The second kappa shape index (κ2) is 5.75. The summed E-state index contributed by atoms with van der Waals surface area (Å²) in [4.78, 5) is 23.8. The number of hydrogen-bond acceptors (Lipinski definition) is 5. The topological polar surface area (TPSA) is 58.1 Å². The van der Waals surface area contributed by atoms with Crippen molar-refractivity contribution in [2.24, 2.45) is 0 Å². The van der Waals surface area contributed by atoms with Crippen LogP contribution < -0.4 is 5.32 Å². The number of anilines is 1. The van der Waals surface area contributed by atoms with Crippen LogP contribution in [0.25, 0.3) is 10.2 Å². The van der Waals surface area contributed by atoms with Crippen molar-refractivity contribution in [3.63, 3.8) is 0 Å². The van der Waals surface area contributed by atoms with Crippen molar-refractivity contribution in [3.05, 3.63) is 17.8 Å². The van der Waals surface area contributed by atoms with Crippen molar-refractivity contribution in [2.75, 3.05) is 18.4 Å². The molecule has 0 spiro atoms. The van der Waals surface area contributed by atoms with Crippen LogP contribution in [0.1, 0.15) is 26.2 Å². The molecule has 0 bridgehead atoms. The van der Waals surface area contributed by atoms with Gasteiger partial charge in [-0.25, -0.2) is 9.97 Å². The molecule has 3 rings (SSSR count). The molecule has 1 fully saturated rings. The highest BCUT2D eigenvalue weighted by molar-refractivity contribution is 7.16. The van der Waals surface area contributed by atoms with E-state index in [4.69, 9.17) is 0 Å². The molecular formula is C14H18N4OS. The second-order valence-corrected chi connectivity index (χ2v) is 6.01. The molecule has 1 saturated heterocycles. The van der Waals surface area contributed by atoms with Crippen LogP contribution in [-0.2, 0) is 4.79 Å². The Labute approximate surface area is 122 Å². The van der Waals surface area contributed by atoms with Gasteiger partial charge in [-0.2, -0.15) is 0 Å². The molecule has 0 radical (unpaired) electrons. The van der Waals surface area contributed by atoms with Crippen molar-refractivity contribution in [1.82, 2.24) is 14.9 Å². The molecule has 1 aliphatic rings. The van der Waals surface area contributed by atoms with Crippen molar-refractivity contribution < 1.29 is 4.79 Å². The second-order valence-electron chi connectivity index (χ2n) is 5.11. The zero-order chi connectivity index (χ0) is 13.9. The molecule has 2 aromatic heterocycles. The lowest BCUT2D eigenvalue weighted by Crippen LogP contribution is -2.44. The fourth-order valence-corrected chi connectivity index (χ4v) is 3.29. The number of amides is 1. The molecule has 0 saturated carbocycles. The monoisotopic (exact) mass is 290 g/mol. The number of hydrogen-bond donors (Lipinski definition) is 1. The van der Waals surface area contributed by atoms with E-state index in [-0.39, 0.29) is 11.9 Å². The smallest absolute Gasteiger partial charge is 0.244 e. The Balaban J connectivity index is 1.73. The lowest BCUT2D eigenvalue weighted by atomic mass is 10.1. The molecule has 3 heterocycles. The molecule has 1 N–H and O–H groups in total. The molecular weight excluding hydrogens is 272 g/mol. The first-order chi connectivity index (χ1) is 9.75. The standard InChI is InChI=1S/C14H18N4OS/c1-10(14(19)18-6-3-2-4-7-18)17-12-11-5-8-20-13(11)16-9-15-12/h5,8-10H,2-4,6-7H2,1H3,(H,15,16,17). The van der Waals surface area contributed by atoms with Crippen LogP contribution in [0, 0.1) is 0 Å². The quantitative estimate of drug-likeness (QED) is 0.943. The van der Waals surface area contributed by atoms with E-state index >= 15 is 0 Å². The zero-order valence-corrected chi connectivity index (χ0v) is 12.3. The maximum atomic E-state index is 12.4. The third-order valence-corrected chi connectivity index (χ3v) is 4.47. The summed E-state index contributed by atoms with van der Waals surface area (Å²) in [7, 11) is 0. The van der Waals surface area contributed by atoms with Crippen molar-refractivity contribution >= 4 is 33.3 Å². The number of aromatic nitrogens is 2. The minimum Gasteiger partial charge on any atom is -0.358 e. The van der Waals surface area contributed by atoms with E-state index < -0.39 is 0 Å². The Morgan fingerprint density at radius 1 is 1.35 bits per heavy atom. The highest BCUT2D eigenvalue weighted by Crippen LogP contribution is 2.24. The Hall–Kier alpha value is -1.69. The normalized spacial score (nSPS) is 17.1. The molecule has 6 heteroatoms. The predicted molar refractivity (Wildman–Crippen MR) is 80.9 cm³/mol. The predicted octanol–water partition coefficient (Wildman–Crippen LogP) is 2.50. The van der Waals surface area contributed by atoms with E-state index in [0.29, 0.717) is 0 Å². The SMILES string of the molecule is CC(Nc1ncnc2sccc12)C(=O)N1CCCCC1. The van der Waals surface area contributed by atoms with Gasteiger partial charge in [0, 0.05) is 13.1 Å². The van der Waals surface area contributed by atoms with Crippen molar-refractivity contribution in [1.29, 1.82) is 0 Å². The zero-order valence-electron chi connectivity index (χ0n) is 11.5. The lowest BCUT2D eigenvalue weighted by molar-refractivity contribution is -0.132. The number of likely N-dealkylation sites (tertiary alicyclic amines) is 1. The maximum Gasteiger partial charge on any atom is 0.244 e. The van der Waals surface area contributed by atoms with E-state index in [0.717, 1.165) is 42.0 Å². The van der Waals surface area contributed by atoms with E-state index in [1.165, 1.54) is 6.42 Å². The number of nitrogens with zero attached hydrogens (tertiary/aromatic N) is 3. The van der Waals surface area contributed by atoms with Gasteiger partial charge < -0.3 is 10.2 Å². The molecule has 0 aromatic carbocycles. The Morgan fingerprint density at radius 3 is 2.95 bits per heavy atom. The number of carbonyl (C=O) groups excluding carboxylic acids is 1. The van der Waals surface area contributed by atoms with Gasteiger partial charge in [-0.1, -0.05) is 0 Å². The first kappa shape index (κ1) is 13.3. The van der Waals surface area contributed by atoms with Gasteiger partial charge in [-0.3, -0.25) is 4.79 Å². The van der Waals surface area contributed by atoms with Crippen LogP contribution in [0.3, 0.4) is 0 Å². The molecule has 1 atom stereocenters. The van der Waals surface area contributed by atoms with E-state index in [9.17, 15) is 4.79 Å². The van der Waals surface area contributed by atoms with Crippen LogP contribution in [0.2, 0.25) is 0 Å². The Morgan fingerprint density at radius 2 is 2.15 bits per heavy atom. The van der Waals surface area contributed by atoms with Crippen LogP contribution in [0.4, 0.5) is 5.82 Å². The summed E-state index contributed by atoms with van der Waals surface area (Å²) in [5.41, 5.74) is 0. The summed E-state index contributed by atoms with van der Waals surface area (Å²) in [5.74, 6) is 0.904. The number of nitrogens with one attached hydrogen (secondary N) is 1. The van der Waals surface area contributed by atoms with Gasteiger partial charge in [0.05, 0.1) is 5.39 Å². The number of piperidine rings is 1. The highest BCUT2D eigenvalue weighted by atomic mass is 32.1. The van der Waals surface area contributed by atoms with Gasteiger partial charge in [0.25, 0.3) is 0 Å². The van der Waals surface area contributed by atoms with Gasteiger partial charge in [0.15, 0.2) is 0 Å². The Bertz CT molecular complexity index is 606. The number of fused-ring (bicyclic) bond motifs is 1. The van der Waals surface area contributed by atoms with E-state index in [1.54, 1.807) is 17.7 Å². The van der Waals surface area contributed by atoms with Crippen molar-refractivity contribution in [3.8, 4) is 0 Å². The van der Waals surface area contributed by atoms with Gasteiger partial charge >= 0.3 is 0 Å². The van der Waals surface area contributed by atoms with Gasteiger partial charge in [0.1, 0.15) is 23.0 Å². The largest absolute Gasteiger partial charge is 0.358 e. The fraction of sp³-hybridized carbons (Fsp3) is 0.500. The number of rotatable bonds is 3. The fourth-order valence-electron chi connectivity index (χ4n) is 2.56. The molecule has 5 nitrogen and oxygen atoms in total. The summed E-state index contributed by atoms with van der Waals surface area (Å²) in [6.07, 6.45) is 4.99. The summed E-state index contributed by atoms with van der Waals surface area (Å²) >= 11 is 1.58. The summed E-state index contributed by atoms with van der Waals surface area (Å²) in [6.45, 7) is 3.65. The first-order valence-electron chi connectivity index (χ1n) is 6.99. The molecule has 0 aliphatic carbocycles. The van der Waals surface area contributed by atoms with Crippen LogP contribution in [0.5, 0.6) is 0 Å². The molecule has 106 valence electrons. The van der Waals surface area contributed by atoms with Gasteiger partial charge in [-0.15, -0.1) is 11.3 Å². The first-order valence-corrected chi connectivity index (χ1v) is 7.87. The molecule has 20 heavy (non-hydrogen) atoms. The van der Waals surface area contributed by atoms with E-state index in [1.807, 2.05) is 23.3 Å².